The predicted octanol–water partition coefficient (Wildman–Crippen LogP) is 5.01. The average molecular weight is 379 g/mol. The Balaban J connectivity index is 2.42. The highest BCUT2D eigenvalue weighted by Gasteiger charge is 2.20. The van der Waals surface area contributed by atoms with Crippen LogP contribution in [0.15, 0.2) is 28.1 Å². The molecule has 0 bridgehead atoms. The lowest BCUT2D eigenvalue weighted by Gasteiger charge is -2.18. The number of hydrogen-bond acceptors (Lipinski definition) is 3. The van der Waals surface area contributed by atoms with Crippen LogP contribution in [-0.4, -0.2) is 13.7 Å². The lowest BCUT2D eigenvalue weighted by Crippen LogP contribution is -2.22. The van der Waals surface area contributed by atoms with Crippen molar-refractivity contribution in [3.8, 4) is 5.75 Å². The summed E-state index contributed by atoms with van der Waals surface area (Å²) in [6, 6.07) is 6.52. The second kappa shape index (κ2) is 6.89. The van der Waals surface area contributed by atoms with Gasteiger partial charge in [-0.05, 0) is 34.6 Å². The van der Waals surface area contributed by atoms with E-state index in [1.807, 2.05) is 13.0 Å². The molecule has 0 aliphatic rings. The minimum absolute atomic E-state index is 0.222. The Morgan fingerprint density at radius 3 is 2.70 bits per heavy atom. The van der Waals surface area contributed by atoms with E-state index in [2.05, 4.69) is 21.2 Å². The van der Waals surface area contributed by atoms with Crippen LogP contribution in [0.25, 0.3) is 0 Å². The Bertz CT molecular complexity index is 585. The number of nitrogens with one attached hydrogen (secondary N) is 1. The maximum atomic E-state index is 14.2. The third-order valence-electron chi connectivity index (χ3n) is 2.88. The molecule has 2 aromatic rings. The molecule has 108 valence electrons. The molecular weight excluding hydrogens is 365 g/mol. The Labute approximate surface area is 135 Å². The predicted molar refractivity (Wildman–Crippen MR) is 85.5 cm³/mol. The standard InChI is InChI=1S/C14H14BrClFNOS/c1-3-18-13(12-7-10(16)14(15)20-12)9-5-4-8(19-2)6-11(9)17/h4-7,13,18H,3H2,1-2H3. The Morgan fingerprint density at radius 1 is 1.45 bits per heavy atom. The first-order valence-corrected chi connectivity index (χ1v) is 8.07. The van der Waals surface area contributed by atoms with E-state index in [-0.39, 0.29) is 11.9 Å². The van der Waals surface area contributed by atoms with Gasteiger partial charge in [0.25, 0.3) is 0 Å². The highest BCUT2D eigenvalue weighted by atomic mass is 79.9. The molecule has 1 aromatic carbocycles. The summed E-state index contributed by atoms with van der Waals surface area (Å²) in [6.45, 7) is 2.71. The largest absolute Gasteiger partial charge is 0.497 e. The third-order valence-corrected chi connectivity index (χ3v) is 5.42. The van der Waals surface area contributed by atoms with Crippen LogP contribution in [0.5, 0.6) is 5.75 Å². The molecule has 0 saturated heterocycles. The number of benzene rings is 1. The fourth-order valence-corrected chi connectivity index (χ4v) is 3.78. The van der Waals surface area contributed by atoms with E-state index >= 15 is 0 Å². The van der Waals surface area contributed by atoms with E-state index in [1.165, 1.54) is 24.5 Å². The van der Waals surface area contributed by atoms with Gasteiger partial charge in [-0.2, -0.15) is 0 Å². The van der Waals surface area contributed by atoms with E-state index in [0.717, 1.165) is 15.2 Å². The Hall–Kier alpha value is -0.620. The Morgan fingerprint density at radius 2 is 2.20 bits per heavy atom. The lowest BCUT2D eigenvalue weighted by molar-refractivity contribution is 0.410. The van der Waals surface area contributed by atoms with Crippen molar-refractivity contribution in [2.45, 2.75) is 13.0 Å². The van der Waals surface area contributed by atoms with E-state index in [1.54, 1.807) is 12.1 Å². The molecular formula is C14H14BrClFNOS. The van der Waals surface area contributed by atoms with Crippen molar-refractivity contribution < 1.29 is 9.13 Å². The molecule has 1 unspecified atom stereocenters. The quantitative estimate of drug-likeness (QED) is 0.789. The van der Waals surface area contributed by atoms with Crippen LogP contribution in [0.1, 0.15) is 23.4 Å². The molecule has 2 nitrogen and oxygen atoms in total. The number of ether oxygens (including phenoxy) is 1. The van der Waals surface area contributed by atoms with Gasteiger partial charge >= 0.3 is 0 Å². The summed E-state index contributed by atoms with van der Waals surface area (Å²) in [6.07, 6.45) is 0. The third kappa shape index (κ3) is 3.34. The number of methoxy groups -OCH3 is 1. The van der Waals surface area contributed by atoms with Crippen LogP contribution in [0.4, 0.5) is 4.39 Å². The van der Waals surface area contributed by atoms with Crippen LogP contribution >= 0.6 is 38.9 Å². The van der Waals surface area contributed by atoms with Crippen molar-refractivity contribution in [2.75, 3.05) is 13.7 Å². The summed E-state index contributed by atoms with van der Waals surface area (Å²) in [7, 11) is 1.52. The number of hydrogen-bond donors (Lipinski definition) is 1. The van der Waals surface area contributed by atoms with Crippen molar-refractivity contribution in [3.05, 3.63) is 49.3 Å². The molecule has 6 heteroatoms. The minimum Gasteiger partial charge on any atom is -0.497 e. The first-order valence-electron chi connectivity index (χ1n) is 6.08. The maximum absolute atomic E-state index is 14.2. The fourth-order valence-electron chi connectivity index (χ4n) is 1.94. The molecule has 0 fully saturated rings. The molecule has 0 radical (unpaired) electrons. The molecule has 0 saturated carbocycles. The van der Waals surface area contributed by atoms with Gasteiger partial charge in [-0.15, -0.1) is 11.3 Å². The van der Waals surface area contributed by atoms with Gasteiger partial charge in [-0.3, -0.25) is 0 Å². The van der Waals surface area contributed by atoms with Gasteiger partial charge in [0.15, 0.2) is 0 Å². The molecule has 0 amide bonds. The first-order chi connectivity index (χ1) is 9.56. The minimum atomic E-state index is -0.295. The van der Waals surface area contributed by atoms with Crippen LogP contribution in [0.2, 0.25) is 5.02 Å². The van der Waals surface area contributed by atoms with Crippen molar-refractivity contribution in [1.29, 1.82) is 0 Å². The summed E-state index contributed by atoms with van der Waals surface area (Å²) in [4.78, 5) is 0.966. The molecule has 1 N–H and O–H groups in total. The molecule has 0 aliphatic carbocycles. The van der Waals surface area contributed by atoms with Crippen molar-refractivity contribution >= 4 is 38.9 Å². The Kier molecular flexibility index (Phi) is 5.43. The SMILES string of the molecule is CCNC(c1cc(Cl)c(Br)s1)c1ccc(OC)cc1F. The van der Waals surface area contributed by atoms with Crippen molar-refractivity contribution in [3.63, 3.8) is 0 Å². The van der Waals surface area contributed by atoms with Gasteiger partial charge < -0.3 is 10.1 Å². The molecule has 1 heterocycles. The normalized spacial score (nSPS) is 12.4. The lowest BCUT2D eigenvalue weighted by atomic mass is 10.0. The highest BCUT2D eigenvalue weighted by molar-refractivity contribution is 9.11. The van der Waals surface area contributed by atoms with E-state index < -0.39 is 0 Å². The number of thiophene rings is 1. The summed E-state index contributed by atoms with van der Waals surface area (Å²) in [5.74, 6) is 0.211. The van der Waals surface area contributed by atoms with Gasteiger partial charge in [0.2, 0.25) is 0 Å². The van der Waals surface area contributed by atoms with Gasteiger partial charge in [-0.25, -0.2) is 4.39 Å². The van der Waals surface area contributed by atoms with Crippen LogP contribution in [0.3, 0.4) is 0 Å². The van der Waals surface area contributed by atoms with Crippen molar-refractivity contribution in [2.24, 2.45) is 0 Å². The van der Waals surface area contributed by atoms with Gasteiger partial charge in [0.1, 0.15) is 11.6 Å². The molecule has 0 spiro atoms. The van der Waals surface area contributed by atoms with Crippen LogP contribution in [0, 0.1) is 5.82 Å². The summed E-state index contributed by atoms with van der Waals surface area (Å²) < 4.78 is 20.1. The number of halogens is 3. The topological polar surface area (TPSA) is 21.3 Å². The van der Waals surface area contributed by atoms with Crippen LogP contribution < -0.4 is 10.1 Å². The molecule has 1 atom stereocenters. The van der Waals surface area contributed by atoms with Gasteiger partial charge in [-0.1, -0.05) is 24.6 Å². The van der Waals surface area contributed by atoms with Gasteiger partial charge in [0, 0.05) is 16.5 Å². The molecule has 20 heavy (non-hydrogen) atoms. The maximum Gasteiger partial charge on any atom is 0.132 e. The molecule has 0 aliphatic heterocycles. The summed E-state index contributed by atoms with van der Waals surface area (Å²) >= 11 is 11.0. The van der Waals surface area contributed by atoms with Crippen LogP contribution in [-0.2, 0) is 0 Å². The van der Waals surface area contributed by atoms with E-state index in [0.29, 0.717) is 16.3 Å². The highest BCUT2D eigenvalue weighted by Crippen LogP contribution is 2.38. The average Bonchev–Trinajstić information content (AvgIpc) is 2.76. The smallest absolute Gasteiger partial charge is 0.132 e. The zero-order chi connectivity index (χ0) is 14.7. The molecule has 2 rings (SSSR count). The number of rotatable bonds is 5. The van der Waals surface area contributed by atoms with Gasteiger partial charge in [0.05, 0.1) is 22.0 Å². The second-order valence-corrected chi connectivity index (χ2v) is 6.96. The zero-order valence-corrected chi connectivity index (χ0v) is 14.2. The fraction of sp³-hybridized carbons (Fsp3) is 0.286. The van der Waals surface area contributed by atoms with E-state index in [4.69, 9.17) is 16.3 Å². The van der Waals surface area contributed by atoms with Crippen molar-refractivity contribution in [1.82, 2.24) is 5.32 Å². The molecule has 1 aromatic heterocycles. The monoisotopic (exact) mass is 377 g/mol. The summed E-state index contributed by atoms with van der Waals surface area (Å²) in [5, 5.41) is 3.92. The zero-order valence-electron chi connectivity index (χ0n) is 11.0. The second-order valence-electron chi connectivity index (χ2n) is 4.15. The first kappa shape index (κ1) is 15.8. The summed E-state index contributed by atoms with van der Waals surface area (Å²) in [5.41, 5.74) is 0.582. The van der Waals surface area contributed by atoms with E-state index in [9.17, 15) is 4.39 Å².